The highest BCUT2D eigenvalue weighted by molar-refractivity contribution is 7.91. The van der Waals surface area contributed by atoms with Crippen LogP contribution in [-0.4, -0.2) is 42.7 Å². The third-order valence-electron chi connectivity index (χ3n) is 4.18. The topological polar surface area (TPSA) is 108 Å². The molecule has 0 N–H and O–H groups in total. The van der Waals surface area contributed by atoms with Crippen molar-refractivity contribution in [1.29, 1.82) is 5.26 Å². The number of furan rings is 1. The van der Waals surface area contributed by atoms with E-state index >= 15 is 0 Å². The second kappa shape index (κ2) is 5.76. The number of imide groups is 1. The fourth-order valence-corrected chi connectivity index (χ4v) is 4.63. The average molecular weight is 346 g/mol. The number of hydrogen-bond acceptors (Lipinski definition) is 6. The quantitative estimate of drug-likeness (QED) is 0.585. The van der Waals surface area contributed by atoms with Crippen molar-refractivity contribution >= 4 is 27.7 Å². The van der Waals surface area contributed by atoms with E-state index in [9.17, 15) is 23.3 Å². The molecule has 1 fully saturated rings. The standard InChI is InChI=1S/C16H14N2O5S/c1-10-13(7-12-3-2-5-23-12)15(19)18(16(20)14(10)8-17)11-4-6-24(21,22)9-11/h2-3,5,7,11H,4,6,9H2,1H3/b13-7-/t11-/m0/s1. The van der Waals surface area contributed by atoms with E-state index in [0.717, 1.165) is 4.90 Å². The number of carbonyl (C=O) groups is 2. The van der Waals surface area contributed by atoms with Crippen molar-refractivity contribution in [2.24, 2.45) is 0 Å². The molecule has 1 aromatic rings. The second-order valence-corrected chi connectivity index (χ2v) is 7.95. The predicted molar refractivity (Wildman–Crippen MR) is 83.9 cm³/mol. The lowest BCUT2D eigenvalue weighted by molar-refractivity contribution is -0.142. The van der Waals surface area contributed by atoms with Gasteiger partial charge in [-0.2, -0.15) is 5.26 Å². The Morgan fingerprint density at radius 2 is 2.12 bits per heavy atom. The van der Waals surface area contributed by atoms with Crippen LogP contribution in [0.1, 0.15) is 19.1 Å². The number of carbonyl (C=O) groups excluding carboxylic acids is 2. The average Bonchev–Trinajstić information content (AvgIpc) is 3.14. The third-order valence-corrected chi connectivity index (χ3v) is 5.93. The van der Waals surface area contributed by atoms with Crippen LogP contribution in [0.25, 0.3) is 6.08 Å². The predicted octanol–water partition coefficient (Wildman–Crippen LogP) is 1.06. The van der Waals surface area contributed by atoms with Crippen molar-refractivity contribution in [3.05, 3.63) is 40.9 Å². The van der Waals surface area contributed by atoms with E-state index in [1.807, 2.05) is 6.07 Å². The molecule has 1 saturated heterocycles. The highest BCUT2D eigenvalue weighted by Crippen LogP contribution is 2.31. The Morgan fingerprint density at radius 1 is 1.38 bits per heavy atom. The molecule has 24 heavy (non-hydrogen) atoms. The molecule has 0 unspecified atom stereocenters. The van der Waals surface area contributed by atoms with E-state index in [1.165, 1.54) is 19.3 Å². The Hall–Kier alpha value is -2.66. The first-order valence-corrected chi connectivity index (χ1v) is 9.11. The summed E-state index contributed by atoms with van der Waals surface area (Å²) in [6, 6.07) is 4.37. The highest BCUT2D eigenvalue weighted by atomic mass is 32.2. The Morgan fingerprint density at radius 3 is 2.67 bits per heavy atom. The molecule has 8 heteroatoms. The van der Waals surface area contributed by atoms with Gasteiger partial charge in [0.15, 0.2) is 9.84 Å². The van der Waals surface area contributed by atoms with Gasteiger partial charge in [-0.25, -0.2) is 8.42 Å². The maximum absolute atomic E-state index is 12.8. The first-order chi connectivity index (χ1) is 11.3. The van der Waals surface area contributed by atoms with Gasteiger partial charge in [0.25, 0.3) is 11.8 Å². The van der Waals surface area contributed by atoms with Gasteiger partial charge in [-0.15, -0.1) is 0 Å². The zero-order valence-corrected chi connectivity index (χ0v) is 13.7. The molecule has 0 spiro atoms. The van der Waals surface area contributed by atoms with Crippen molar-refractivity contribution in [2.45, 2.75) is 19.4 Å². The van der Waals surface area contributed by atoms with Crippen LogP contribution in [0.2, 0.25) is 0 Å². The largest absolute Gasteiger partial charge is 0.465 e. The van der Waals surface area contributed by atoms with Gasteiger partial charge in [-0.3, -0.25) is 14.5 Å². The van der Waals surface area contributed by atoms with Crippen LogP contribution < -0.4 is 0 Å². The van der Waals surface area contributed by atoms with Gasteiger partial charge >= 0.3 is 0 Å². The highest BCUT2D eigenvalue weighted by Gasteiger charge is 2.43. The molecule has 2 aliphatic rings. The fourth-order valence-electron chi connectivity index (χ4n) is 2.93. The number of rotatable bonds is 2. The summed E-state index contributed by atoms with van der Waals surface area (Å²) in [4.78, 5) is 26.2. The minimum absolute atomic E-state index is 0.0729. The van der Waals surface area contributed by atoms with Crippen molar-refractivity contribution in [2.75, 3.05) is 11.5 Å². The molecular formula is C16H14N2O5S. The van der Waals surface area contributed by atoms with Crippen LogP contribution in [-0.2, 0) is 19.4 Å². The summed E-state index contributed by atoms with van der Waals surface area (Å²) in [6.45, 7) is 1.52. The molecule has 2 aliphatic heterocycles. The van der Waals surface area contributed by atoms with Gasteiger partial charge in [-0.05, 0) is 37.1 Å². The first-order valence-electron chi connectivity index (χ1n) is 7.29. The number of nitriles is 1. The van der Waals surface area contributed by atoms with E-state index in [2.05, 4.69) is 0 Å². The summed E-state index contributed by atoms with van der Waals surface area (Å²) < 4.78 is 28.6. The van der Waals surface area contributed by atoms with Gasteiger partial charge in [-0.1, -0.05) is 0 Å². The number of sulfone groups is 1. The van der Waals surface area contributed by atoms with Gasteiger partial charge in [0, 0.05) is 5.57 Å². The van der Waals surface area contributed by atoms with E-state index in [4.69, 9.17) is 4.42 Å². The number of nitrogens with zero attached hydrogens (tertiary/aromatic N) is 2. The molecule has 0 saturated carbocycles. The lowest BCUT2D eigenvalue weighted by Crippen LogP contribution is -2.49. The molecule has 3 rings (SSSR count). The summed E-state index contributed by atoms with van der Waals surface area (Å²) in [6.07, 6.45) is 3.08. The van der Waals surface area contributed by atoms with E-state index in [0.29, 0.717) is 5.76 Å². The maximum Gasteiger partial charge on any atom is 0.271 e. The van der Waals surface area contributed by atoms with Gasteiger partial charge in [0.05, 0.1) is 23.8 Å². The van der Waals surface area contributed by atoms with E-state index < -0.39 is 27.7 Å². The van der Waals surface area contributed by atoms with Crippen LogP contribution in [0.4, 0.5) is 0 Å². The van der Waals surface area contributed by atoms with Gasteiger partial charge < -0.3 is 4.42 Å². The number of hydrogen-bond donors (Lipinski definition) is 0. The van der Waals surface area contributed by atoms with E-state index in [-0.39, 0.29) is 34.6 Å². The molecule has 0 aliphatic carbocycles. The summed E-state index contributed by atoms with van der Waals surface area (Å²) in [5.74, 6) is -1.27. The molecule has 124 valence electrons. The van der Waals surface area contributed by atoms with Gasteiger partial charge in [0.1, 0.15) is 17.4 Å². The van der Waals surface area contributed by atoms with Crippen molar-refractivity contribution in [3.63, 3.8) is 0 Å². The molecule has 0 bridgehead atoms. The molecule has 1 atom stereocenters. The lowest BCUT2D eigenvalue weighted by Gasteiger charge is -2.31. The van der Waals surface area contributed by atoms with Crippen LogP contribution in [0, 0.1) is 11.3 Å². The third kappa shape index (κ3) is 2.67. The fraction of sp³-hybridized carbons (Fsp3) is 0.312. The van der Waals surface area contributed by atoms with Crippen LogP contribution in [0.15, 0.2) is 39.5 Å². The minimum atomic E-state index is -3.28. The summed E-state index contributed by atoms with van der Waals surface area (Å²) >= 11 is 0. The Kier molecular flexibility index (Phi) is 3.89. The molecule has 2 amide bonds. The van der Waals surface area contributed by atoms with Crippen LogP contribution >= 0.6 is 0 Å². The lowest BCUT2D eigenvalue weighted by atomic mass is 9.93. The van der Waals surface area contributed by atoms with E-state index in [1.54, 1.807) is 12.1 Å². The summed E-state index contributed by atoms with van der Waals surface area (Å²) in [7, 11) is -3.28. The van der Waals surface area contributed by atoms with Crippen molar-refractivity contribution < 1.29 is 22.4 Å². The first kappa shape index (κ1) is 16.2. The van der Waals surface area contributed by atoms with Crippen LogP contribution in [0.3, 0.4) is 0 Å². The number of amides is 2. The van der Waals surface area contributed by atoms with Crippen molar-refractivity contribution in [1.82, 2.24) is 4.90 Å². The second-order valence-electron chi connectivity index (χ2n) is 5.72. The summed E-state index contributed by atoms with van der Waals surface area (Å²) in [5, 5.41) is 9.29. The van der Waals surface area contributed by atoms with Crippen molar-refractivity contribution in [3.8, 4) is 6.07 Å². The maximum atomic E-state index is 12.8. The molecule has 7 nitrogen and oxygen atoms in total. The molecule has 3 heterocycles. The smallest absolute Gasteiger partial charge is 0.271 e. The Balaban J connectivity index is 2.08. The molecule has 0 radical (unpaired) electrons. The molecular weight excluding hydrogens is 332 g/mol. The summed E-state index contributed by atoms with van der Waals surface area (Å²) in [5.41, 5.74) is 0.267. The van der Waals surface area contributed by atoms with Gasteiger partial charge in [0.2, 0.25) is 0 Å². The Bertz CT molecular complexity index is 916. The molecule has 1 aromatic heterocycles. The Labute approximate surface area is 138 Å². The monoisotopic (exact) mass is 346 g/mol. The van der Waals surface area contributed by atoms with Crippen LogP contribution in [0.5, 0.6) is 0 Å². The normalized spacial score (nSPS) is 25.4. The zero-order chi connectivity index (χ0) is 17.5. The zero-order valence-electron chi connectivity index (χ0n) is 12.9. The SMILES string of the molecule is CC1=C(C#N)C(=O)N([C@H]2CCS(=O)(=O)C2)C(=O)/C1=C\c1ccco1. The molecule has 0 aromatic carbocycles. The minimum Gasteiger partial charge on any atom is -0.465 e.